The van der Waals surface area contributed by atoms with Crippen LogP contribution in [0.3, 0.4) is 0 Å². The Kier molecular flexibility index (Phi) is 4.42. The van der Waals surface area contributed by atoms with E-state index < -0.39 is 0 Å². The molecular formula is C13H19BrN2O. The number of aliphatic hydroxyl groups excluding tert-OH is 1. The Balaban J connectivity index is 2.21. The molecule has 2 unspecified atom stereocenters. The molecule has 2 N–H and O–H groups in total. The van der Waals surface area contributed by atoms with Gasteiger partial charge in [-0.2, -0.15) is 0 Å². The molecule has 1 heterocycles. The first kappa shape index (κ1) is 12.9. The zero-order valence-corrected chi connectivity index (χ0v) is 11.7. The smallest absolute Gasteiger partial charge is 0.0601 e. The summed E-state index contributed by atoms with van der Waals surface area (Å²) in [5.41, 5.74) is 1.22. The lowest BCUT2D eigenvalue weighted by atomic mass is 10.1. The highest BCUT2D eigenvalue weighted by atomic mass is 79.9. The average molecular weight is 299 g/mol. The lowest BCUT2D eigenvalue weighted by Gasteiger charge is -2.31. The van der Waals surface area contributed by atoms with Crippen molar-refractivity contribution >= 4 is 21.6 Å². The minimum absolute atomic E-state index is 0.166. The SMILES string of the molecule is CC1CCNC(CO)CN1c1cccc(Br)c1. The van der Waals surface area contributed by atoms with E-state index in [1.165, 1.54) is 5.69 Å². The van der Waals surface area contributed by atoms with Gasteiger partial charge < -0.3 is 15.3 Å². The number of nitrogens with one attached hydrogen (secondary N) is 1. The van der Waals surface area contributed by atoms with Gasteiger partial charge in [-0.1, -0.05) is 22.0 Å². The van der Waals surface area contributed by atoms with Crippen LogP contribution < -0.4 is 10.2 Å². The first-order chi connectivity index (χ1) is 8.20. The Morgan fingerprint density at radius 2 is 2.35 bits per heavy atom. The number of rotatable bonds is 2. The molecule has 0 aliphatic carbocycles. The van der Waals surface area contributed by atoms with Crippen molar-refractivity contribution in [2.24, 2.45) is 0 Å². The van der Waals surface area contributed by atoms with Crippen molar-refractivity contribution in [2.75, 3.05) is 24.6 Å². The first-order valence-electron chi connectivity index (χ1n) is 6.07. The van der Waals surface area contributed by atoms with Crippen molar-refractivity contribution < 1.29 is 5.11 Å². The summed E-state index contributed by atoms with van der Waals surface area (Å²) < 4.78 is 1.10. The normalized spacial score (nSPS) is 25.7. The van der Waals surface area contributed by atoms with Crippen LogP contribution in [0, 0.1) is 0 Å². The van der Waals surface area contributed by atoms with E-state index in [1.54, 1.807) is 0 Å². The van der Waals surface area contributed by atoms with Gasteiger partial charge >= 0.3 is 0 Å². The first-order valence-corrected chi connectivity index (χ1v) is 6.86. The standard InChI is InChI=1S/C13H19BrN2O/c1-10-5-6-15-12(9-17)8-16(10)13-4-2-3-11(14)7-13/h2-4,7,10,12,15,17H,5-6,8-9H2,1H3. The van der Waals surface area contributed by atoms with Crippen LogP contribution in [0.5, 0.6) is 0 Å². The summed E-state index contributed by atoms with van der Waals surface area (Å²) in [5, 5.41) is 12.7. The second kappa shape index (κ2) is 5.85. The predicted molar refractivity (Wildman–Crippen MR) is 74.4 cm³/mol. The van der Waals surface area contributed by atoms with E-state index >= 15 is 0 Å². The lowest BCUT2D eigenvalue weighted by molar-refractivity contribution is 0.248. The van der Waals surface area contributed by atoms with E-state index in [4.69, 9.17) is 0 Å². The van der Waals surface area contributed by atoms with Gasteiger partial charge in [0.05, 0.1) is 6.61 Å². The molecule has 3 nitrogen and oxygen atoms in total. The highest BCUT2D eigenvalue weighted by Gasteiger charge is 2.22. The molecular weight excluding hydrogens is 280 g/mol. The van der Waals surface area contributed by atoms with Crippen LogP contribution in [-0.4, -0.2) is 36.9 Å². The van der Waals surface area contributed by atoms with Crippen LogP contribution in [0.4, 0.5) is 5.69 Å². The van der Waals surface area contributed by atoms with Crippen LogP contribution >= 0.6 is 15.9 Å². The molecule has 1 fully saturated rings. The molecule has 0 saturated carbocycles. The summed E-state index contributed by atoms with van der Waals surface area (Å²) in [6, 6.07) is 9.01. The largest absolute Gasteiger partial charge is 0.395 e. The Morgan fingerprint density at radius 3 is 3.06 bits per heavy atom. The van der Waals surface area contributed by atoms with E-state index in [0.717, 1.165) is 24.0 Å². The van der Waals surface area contributed by atoms with Gasteiger partial charge in [-0.05, 0) is 38.1 Å². The maximum Gasteiger partial charge on any atom is 0.0601 e. The van der Waals surface area contributed by atoms with Crippen LogP contribution in [-0.2, 0) is 0 Å². The van der Waals surface area contributed by atoms with Crippen LogP contribution in [0.2, 0.25) is 0 Å². The summed E-state index contributed by atoms with van der Waals surface area (Å²) in [4.78, 5) is 2.37. The van der Waals surface area contributed by atoms with Crippen molar-refractivity contribution in [3.63, 3.8) is 0 Å². The number of aliphatic hydroxyl groups is 1. The van der Waals surface area contributed by atoms with Gasteiger partial charge in [-0.15, -0.1) is 0 Å². The number of nitrogens with zero attached hydrogens (tertiary/aromatic N) is 1. The Morgan fingerprint density at radius 1 is 1.53 bits per heavy atom. The van der Waals surface area contributed by atoms with E-state index in [2.05, 4.69) is 51.3 Å². The number of hydrogen-bond acceptors (Lipinski definition) is 3. The monoisotopic (exact) mass is 298 g/mol. The van der Waals surface area contributed by atoms with Crippen molar-refractivity contribution in [1.29, 1.82) is 0 Å². The molecule has 0 bridgehead atoms. The van der Waals surface area contributed by atoms with Gasteiger partial charge in [0.25, 0.3) is 0 Å². The van der Waals surface area contributed by atoms with E-state index in [-0.39, 0.29) is 12.6 Å². The quantitative estimate of drug-likeness (QED) is 0.877. The topological polar surface area (TPSA) is 35.5 Å². The Bertz CT molecular complexity index is 372. The molecule has 0 spiro atoms. The number of hydrogen-bond donors (Lipinski definition) is 2. The van der Waals surface area contributed by atoms with Gasteiger partial charge in [0.1, 0.15) is 0 Å². The maximum absolute atomic E-state index is 9.32. The Labute approximate surface area is 111 Å². The van der Waals surface area contributed by atoms with Crippen LogP contribution in [0.15, 0.2) is 28.7 Å². The summed E-state index contributed by atoms with van der Waals surface area (Å²) in [6.07, 6.45) is 1.10. The molecule has 0 radical (unpaired) electrons. The third kappa shape index (κ3) is 3.21. The summed E-state index contributed by atoms with van der Waals surface area (Å²) in [7, 11) is 0. The molecule has 1 aliphatic heterocycles. The molecule has 0 amide bonds. The zero-order valence-electron chi connectivity index (χ0n) is 10.1. The van der Waals surface area contributed by atoms with Crippen molar-refractivity contribution in [3.05, 3.63) is 28.7 Å². The van der Waals surface area contributed by atoms with Gasteiger partial charge in [0, 0.05) is 28.8 Å². The second-order valence-corrected chi connectivity index (χ2v) is 5.52. The third-order valence-corrected chi connectivity index (χ3v) is 3.80. The molecule has 4 heteroatoms. The molecule has 1 saturated heterocycles. The number of anilines is 1. The zero-order chi connectivity index (χ0) is 12.3. The number of benzene rings is 1. The Hall–Kier alpha value is -0.580. The average Bonchev–Trinajstić information content (AvgIpc) is 2.51. The van der Waals surface area contributed by atoms with Crippen LogP contribution in [0.25, 0.3) is 0 Å². The summed E-state index contributed by atoms with van der Waals surface area (Å²) >= 11 is 3.51. The fraction of sp³-hybridized carbons (Fsp3) is 0.538. The van der Waals surface area contributed by atoms with Gasteiger partial charge in [0.15, 0.2) is 0 Å². The minimum Gasteiger partial charge on any atom is -0.395 e. The van der Waals surface area contributed by atoms with E-state index in [1.807, 2.05) is 6.07 Å². The van der Waals surface area contributed by atoms with E-state index in [9.17, 15) is 5.11 Å². The summed E-state index contributed by atoms with van der Waals surface area (Å²) in [6.45, 7) is 4.25. The highest BCUT2D eigenvalue weighted by Crippen LogP contribution is 2.24. The van der Waals surface area contributed by atoms with Crippen molar-refractivity contribution in [1.82, 2.24) is 5.32 Å². The van der Waals surface area contributed by atoms with E-state index in [0.29, 0.717) is 6.04 Å². The number of halogens is 1. The van der Waals surface area contributed by atoms with Crippen molar-refractivity contribution in [3.8, 4) is 0 Å². The molecule has 1 aromatic carbocycles. The van der Waals surface area contributed by atoms with Gasteiger partial charge in [-0.3, -0.25) is 0 Å². The third-order valence-electron chi connectivity index (χ3n) is 3.30. The fourth-order valence-electron chi connectivity index (χ4n) is 2.27. The van der Waals surface area contributed by atoms with Gasteiger partial charge in [0.2, 0.25) is 0 Å². The maximum atomic E-state index is 9.32. The molecule has 0 aromatic heterocycles. The molecule has 1 aliphatic rings. The second-order valence-electron chi connectivity index (χ2n) is 4.60. The molecule has 1 aromatic rings. The lowest BCUT2D eigenvalue weighted by Crippen LogP contribution is -2.42. The molecule has 94 valence electrons. The van der Waals surface area contributed by atoms with Crippen LogP contribution in [0.1, 0.15) is 13.3 Å². The molecule has 17 heavy (non-hydrogen) atoms. The molecule has 2 atom stereocenters. The summed E-state index contributed by atoms with van der Waals surface area (Å²) in [5.74, 6) is 0. The van der Waals surface area contributed by atoms with Gasteiger partial charge in [-0.25, -0.2) is 0 Å². The molecule has 2 rings (SSSR count). The van der Waals surface area contributed by atoms with Crippen molar-refractivity contribution in [2.45, 2.75) is 25.4 Å². The highest BCUT2D eigenvalue weighted by molar-refractivity contribution is 9.10. The fourth-order valence-corrected chi connectivity index (χ4v) is 2.66. The predicted octanol–water partition coefficient (Wildman–Crippen LogP) is 2.00. The minimum atomic E-state index is 0.166.